The van der Waals surface area contributed by atoms with Gasteiger partial charge in [-0.05, 0) is 66.9 Å². The Morgan fingerprint density at radius 2 is 2.09 bits per heavy atom. The molecule has 8 heteroatoms. The number of aryl methyl sites for hydroxylation is 1. The zero-order chi connectivity index (χ0) is 23.5. The van der Waals surface area contributed by atoms with E-state index in [4.69, 9.17) is 17.3 Å². The Morgan fingerprint density at radius 3 is 2.73 bits per heavy atom. The number of nitrogens with zero attached hydrogens (tertiary/aromatic N) is 4. The van der Waals surface area contributed by atoms with Crippen LogP contribution in [0.15, 0.2) is 58.6 Å². The molecule has 6 nitrogen and oxygen atoms in total. The van der Waals surface area contributed by atoms with Gasteiger partial charge in [-0.15, -0.1) is 11.6 Å². The molecule has 0 bridgehead atoms. The van der Waals surface area contributed by atoms with E-state index >= 15 is 0 Å². The zero-order valence-corrected chi connectivity index (χ0v) is 20.2. The summed E-state index contributed by atoms with van der Waals surface area (Å²) < 4.78 is 15.1. The number of benzene rings is 1. The van der Waals surface area contributed by atoms with Crippen molar-refractivity contribution in [1.29, 1.82) is 5.26 Å². The van der Waals surface area contributed by atoms with E-state index in [-0.39, 0.29) is 5.92 Å². The van der Waals surface area contributed by atoms with Gasteiger partial charge in [-0.25, -0.2) is 4.98 Å². The lowest BCUT2D eigenvalue weighted by atomic mass is 9.84. The van der Waals surface area contributed by atoms with Gasteiger partial charge >= 0.3 is 0 Å². The molecule has 1 aromatic carbocycles. The van der Waals surface area contributed by atoms with Crippen molar-refractivity contribution in [3.63, 3.8) is 0 Å². The average Bonchev–Trinajstić information content (AvgIpc) is 3.59. The molecule has 0 amide bonds. The van der Waals surface area contributed by atoms with Crippen LogP contribution in [0.3, 0.4) is 0 Å². The normalized spacial score (nSPS) is 23.8. The predicted molar refractivity (Wildman–Crippen MR) is 135 cm³/mol. The summed E-state index contributed by atoms with van der Waals surface area (Å²) in [5, 5.41) is 11.2. The number of aliphatic imine (C=N–C) groups is 1. The second-order valence-electron chi connectivity index (χ2n) is 8.92. The first-order valence-electron chi connectivity index (χ1n) is 10.7. The van der Waals surface area contributed by atoms with E-state index in [1.807, 2.05) is 48.9 Å². The van der Waals surface area contributed by atoms with Crippen LogP contribution in [0.1, 0.15) is 42.4 Å². The van der Waals surface area contributed by atoms with Crippen molar-refractivity contribution in [2.45, 2.75) is 42.5 Å². The van der Waals surface area contributed by atoms with Gasteiger partial charge in [-0.1, -0.05) is 0 Å². The van der Waals surface area contributed by atoms with E-state index in [2.05, 4.69) is 16.0 Å². The van der Waals surface area contributed by atoms with Crippen LogP contribution in [-0.2, 0) is 9.52 Å². The van der Waals surface area contributed by atoms with Gasteiger partial charge in [0.05, 0.1) is 33.9 Å². The van der Waals surface area contributed by atoms with Crippen molar-refractivity contribution < 1.29 is 4.21 Å². The van der Waals surface area contributed by atoms with Crippen LogP contribution in [0.5, 0.6) is 0 Å². The second kappa shape index (κ2) is 7.47. The molecular formula is C25H24ClN5OS. The molecule has 1 saturated carbocycles. The van der Waals surface area contributed by atoms with E-state index in [0.717, 1.165) is 45.4 Å². The Labute approximate surface area is 198 Å². The monoisotopic (exact) mass is 477 g/mol. The Balaban J connectivity index is 1.71. The smallest absolute Gasteiger partial charge is 0.119 e. The zero-order valence-electron chi connectivity index (χ0n) is 18.7. The van der Waals surface area contributed by atoms with Gasteiger partial charge in [-0.2, -0.15) is 5.26 Å². The van der Waals surface area contributed by atoms with Crippen molar-refractivity contribution >= 4 is 43.1 Å². The number of rotatable bonds is 3. The van der Waals surface area contributed by atoms with Crippen LogP contribution in [-0.4, -0.2) is 36.0 Å². The molecular weight excluding hydrogens is 454 g/mol. The van der Waals surface area contributed by atoms with Gasteiger partial charge in [0.15, 0.2) is 0 Å². The molecule has 3 atom stereocenters. The molecule has 1 aliphatic carbocycles. The number of nitriles is 1. The number of hydrogen-bond acceptors (Lipinski definition) is 5. The number of hydrogen-bond donors (Lipinski definition) is 1. The SMILES string of the molecule is Cc1cc2c(cc1C#N)c(C1C=NC=C(N)C1(C)Cl)cn2-c1ccc(S(C)(=O)=C2CC2)nc1. The maximum atomic E-state index is 13.1. The molecule has 3 unspecified atom stereocenters. The molecule has 2 aliphatic rings. The second-order valence-corrected chi connectivity index (χ2v) is 12.4. The minimum Gasteiger partial charge on any atom is -0.399 e. The third-order valence-corrected chi connectivity index (χ3v) is 9.64. The standard InChI is InChI=1S/C25H24ClN5OS/c1-15-8-22-19(9-16(15)10-27)20(21-12-29-13-23(28)25(21,2)26)14-31(22)17-4-7-24(30-11-17)33(3,32)18-5-6-18/h4,7-9,11-14,21H,5-6,28H2,1-3H3. The highest BCUT2D eigenvalue weighted by atomic mass is 35.5. The molecule has 168 valence electrons. The highest BCUT2D eigenvalue weighted by molar-refractivity contribution is 8.02. The lowest BCUT2D eigenvalue weighted by Gasteiger charge is -2.31. The van der Waals surface area contributed by atoms with Gasteiger partial charge in [-0.3, -0.25) is 9.20 Å². The number of halogens is 1. The summed E-state index contributed by atoms with van der Waals surface area (Å²) in [6, 6.07) is 9.96. The topological polar surface area (TPSA) is 97.1 Å². The fourth-order valence-electron chi connectivity index (χ4n) is 4.34. The van der Waals surface area contributed by atoms with Gasteiger partial charge < -0.3 is 10.3 Å². The molecule has 5 rings (SSSR count). The summed E-state index contributed by atoms with van der Waals surface area (Å²) in [6.45, 7) is 3.80. The van der Waals surface area contributed by atoms with E-state index in [1.54, 1.807) is 24.9 Å². The van der Waals surface area contributed by atoms with Crippen molar-refractivity contribution in [2.24, 2.45) is 10.7 Å². The predicted octanol–water partition coefficient (Wildman–Crippen LogP) is 4.41. The van der Waals surface area contributed by atoms with Gasteiger partial charge in [0.2, 0.25) is 0 Å². The number of alkyl halides is 1. The Hall–Kier alpha value is -3.08. The number of nitrogens with two attached hydrogens (primary N) is 1. The number of pyridine rings is 1. The first-order valence-corrected chi connectivity index (χ1v) is 13.0. The third kappa shape index (κ3) is 3.45. The molecule has 1 aliphatic heterocycles. The Kier molecular flexibility index (Phi) is 4.93. The summed E-state index contributed by atoms with van der Waals surface area (Å²) in [7, 11) is -2.20. The van der Waals surface area contributed by atoms with Gasteiger partial charge in [0.25, 0.3) is 0 Å². The first-order chi connectivity index (χ1) is 15.6. The fraction of sp³-hybridized carbons (Fsp3) is 0.280. The maximum absolute atomic E-state index is 13.1. The number of aromatic nitrogens is 2. The summed E-state index contributed by atoms with van der Waals surface area (Å²) in [4.78, 5) is 9.10. The maximum Gasteiger partial charge on any atom is 0.119 e. The van der Waals surface area contributed by atoms with Crippen LogP contribution < -0.4 is 5.73 Å². The van der Waals surface area contributed by atoms with Gasteiger partial charge in [0, 0.05) is 51.4 Å². The average molecular weight is 478 g/mol. The summed E-state index contributed by atoms with van der Waals surface area (Å²) >= 11 is 6.88. The lowest BCUT2D eigenvalue weighted by molar-refractivity contribution is 0.664. The van der Waals surface area contributed by atoms with Crippen molar-refractivity contribution in [2.75, 3.05) is 6.26 Å². The van der Waals surface area contributed by atoms with Crippen molar-refractivity contribution in [1.82, 2.24) is 9.55 Å². The van der Waals surface area contributed by atoms with E-state index in [0.29, 0.717) is 16.3 Å². The molecule has 2 aromatic heterocycles. The number of allylic oxidation sites excluding steroid dienone is 1. The van der Waals surface area contributed by atoms with E-state index in [1.165, 1.54) is 0 Å². The highest BCUT2D eigenvalue weighted by Crippen LogP contribution is 2.43. The summed E-state index contributed by atoms with van der Waals surface area (Å²) in [6.07, 6.45) is 10.8. The molecule has 3 aromatic rings. The molecule has 0 saturated heterocycles. The van der Waals surface area contributed by atoms with Gasteiger partial charge in [0.1, 0.15) is 5.03 Å². The largest absolute Gasteiger partial charge is 0.399 e. The van der Waals surface area contributed by atoms with Crippen LogP contribution in [0.2, 0.25) is 0 Å². The molecule has 33 heavy (non-hydrogen) atoms. The Bertz CT molecular complexity index is 1520. The van der Waals surface area contributed by atoms with Crippen molar-refractivity contribution in [3.8, 4) is 11.8 Å². The summed E-state index contributed by atoms with van der Waals surface area (Å²) in [5.41, 5.74) is 10.9. The lowest BCUT2D eigenvalue weighted by Crippen LogP contribution is -2.35. The summed E-state index contributed by atoms with van der Waals surface area (Å²) in [5.74, 6) is -0.282. The fourth-order valence-corrected chi connectivity index (χ4v) is 6.33. The highest BCUT2D eigenvalue weighted by Gasteiger charge is 2.38. The quantitative estimate of drug-likeness (QED) is 0.446. The Morgan fingerprint density at radius 1 is 1.33 bits per heavy atom. The van der Waals surface area contributed by atoms with Crippen LogP contribution in [0.4, 0.5) is 0 Å². The third-order valence-electron chi connectivity index (χ3n) is 6.64. The minimum atomic E-state index is -2.20. The van der Waals surface area contributed by atoms with E-state index in [9.17, 15) is 9.47 Å². The number of fused-ring (bicyclic) bond motifs is 1. The molecule has 0 radical (unpaired) electrons. The molecule has 2 N–H and O–H groups in total. The van der Waals surface area contributed by atoms with Crippen LogP contribution >= 0.6 is 11.6 Å². The van der Waals surface area contributed by atoms with Crippen LogP contribution in [0.25, 0.3) is 16.6 Å². The molecule has 3 heterocycles. The van der Waals surface area contributed by atoms with Crippen LogP contribution in [0, 0.1) is 18.3 Å². The van der Waals surface area contributed by atoms with Crippen molar-refractivity contribution in [3.05, 3.63) is 65.2 Å². The molecule has 1 fully saturated rings. The van der Waals surface area contributed by atoms with E-state index < -0.39 is 14.4 Å². The minimum absolute atomic E-state index is 0.282. The molecule has 0 spiro atoms. The first kappa shape index (κ1) is 21.7.